The molecule has 0 N–H and O–H groups in total. The molecule has 3 rings (SSSR count). The Morgan fingerprint density at radius 1 is 1.28 bits per heavy atom. The molecule has 1 spiro atoms. The summed E-state index contributed by atoms with van der Waals surface area (Å²) in [6.45, 7) is 5.08. The number of rotatable bonds is 3. The summed E-state index contributed by atoms with van der Waals surface area (Å²) < 4.78 is 0. The highest BCUT2D eigenvalue weighted by Gasteiger charge is 2.60. The van der Waals surface area contributed by atoms with E-state index in [-0.39, 0.29) is 17.7 Å². The molecule has 0 saturated carbocycles. The number of carbonyl (C=O) groups excluding carboxylic acids is 3. The normalized spacial score (nSPS) is 23.0. The van der Waals surface area contributed by atoms with Gasteiger partial charge < -0.3 is 4.90 Å². The Kier molecular flexibility index (Phi) is 4.62. The van der Waals surface area contributed by atoms with Gasteiger partial charge in [0.15, 0.2) is 0 Å². The molecule has 134 valence electrons. The molecule has 1 aromatic heterocycles. The standard InChI is InChI=1S/C19H25N3O3/c1-13(2)12-15(23)22-10-7-19(8-11-22)16(14-6-4-5-9-20-14)17(24)21(3)18(19)25/h4-6,9,13,16H,7-8,10-12H2,1-3H3. The molecule has 6 heteroatoms. The molecule has 0 aromatic carbocycles. The van der Waals surface area contributed by atoms with Crippen LogP contribution in [0.3, 0.4) is 0 Å². The van der Waals surface area contributed by atoms with Crippen LogP contribution in [0, 0.1) is 11.3 Å². The van der Waals surface area contributed by atoms with Crippen molar-refractivity contribution in [2.45, 2.75) is 39.0 Å². The number of pyridine rings is 1. The molecule has 0 bridgehead atoms. The van der Waals surface area contributed by atoms with E-state index in [0.29, 0.717) is 44.0 Å². The van der Waals surface area contributed by atoms with Gasteiger partial charge >= 0.3 is 0 Å². The lowest BCUT2D eigenvalue weighted by atomic mass is 9.68. The molecule has 1 aromatic rings. The largest absolute Gasteiger partial charge is 0.343 e. The molecule has 0 aliphatic carbocycles. The second kappa shape index (κ2) is 6.58. The van der Waals surface area contributed by atoms with Gasteiger partial charge in [0, 0.05) is 32.8 Å². The molecular formula is C19H25N3O3. The van der Waals surface area contributed by atoms with Crippen LogP contribution in [0.5, 0.6) is 0 Å². The lowest BCUT2D eigenvalue weighted by molar-refractivity contribution is -0.144. The fourth-order valence-electron chi connectivity index (χ4n) is 4.08. The monoisotopic (exact) mass is 343 g/mol. The molecule has 3 heterocycles. The fourth-order valence-corrected chi connectivity index (χ4v) is 4.08. The zero-order chi connectivity index (χ0) is 18.2. The van der Waals surface area contributed by atoms with E-state index < -0.39 is 11.3 Å². The fraction of sp³-hybridized carbons (Fsp3) is 0.579. The van der Waals surface area contributed by atoms with E-state index in [2.05, 4.69) is 4.98 Å². The summed E-state index contributed by atoms with van der Waals surface area (Å²) >= 11 is 0. The lowest BCUT2D eigenvalue weighted by Crippen LogP contribution is -2.48. The van der Waals surface area contributed by atoms with Crippen molar-refractivity contribution in [3.63, 3.8) is 0 Å². The predicted molar refractivity (Wildman–Crippen MR) is 92.5 cm³/mol. The molecule has 2 aliphatic rings. The van der Waals surface area contributed by atoms with Gasteiger partial charge in [0.1, 0.15) is 0 Å². The average Bonchev–Trinajstić information content (AvgIpc) is 2.77. The topological polar surface area (TPSA) is 70.6 Å². The number of likely N-dealkylation sites (tertiary alicyclic amines) is 2. The van der Waals surface area contributed by atoms with Crippen LogP contribution in [0.15, 0.2) is 24.4 Å². The minimum Gasteiger partial charge on any atom is -0.343 e. The van der Waals surface area contributed by atoms with Crippen molar-refractivity contribution in [3.8, 4) is 0 Å². The number of aromatic nitrogens is 1. The van der Waals surface area contributed by atoms with Crippen LogP contribution in [-0.4, -0.2) is 52.6 Å². The first-order valence-corrected chi connectivity index (χ1v) is 8.87. The highest BCUT2D eigenvalue weighted by Crippen LogP contribution is 2.50. The Balaban J connectivity index is 1.85. The number of likely N-dealkylation sites (N-methyl/N-ethyl adjacent to an activating group) is 1. The minimum atomic E-state index is -0.769. The third-order valence-corrected chi connectivity index (χ3v) is 5.44. The van der Waals surface area contributed by atoms with Crippen LogP contribution in [-0.2, 0) is 14.4 Å². The van der Waals surface area contributed by atoms with Crippen molar-refractivity contribution in [3.05, 3.63) is 30.1 Å². The molecule has 3 amide bonds. The quantitative estimate of drug-likeness (QED) is 0.785. The van der Waals surface area contributed by atoms with E-state index in [4.69, 9.17) is 0 Å². The van der Waals surface area contributed by atoms with Crippen molar-refractivity contribution in [1.82, 2.24) is 14.8 Å². The van der Waals surface area contributed by atoms with Crippen LogP contribution < -0.4 is 0 Å². The second-order valence-corrected chi connectivity index (χ2v) is 7.52. The van der Waals surface area contributed by atoms with Crippen molar-refractivity contribution in [2.75, 3.05) is 20.1 Å². The molecule has 2 fully saturated rings. The first-order chi connectivity index (χ1) is 11.9. The summed E-state index contributed by atoms with van der Waals surface area (Å²) in [7, 11) is 1.55. The number of hydrogen-bond donors (Lipinski definition) is 0. The van der Waals surface area contributed by atoms with Gasteiger partial charge in [-0.25, -0.2) is 0 Å². The van der Waals surface area contributed by atoms with Gasteiger partial charge in [-0.2, -0.15) is 0 Å². The van der Waals surface area contributed by atoms with Crippen LogP contribution in [0.25, 0.3) is 0 Å². The van der Waals surface area contributed by atoms with E-state index in [1.54, 1.807) is 19.3 Å². The van der Waals surface area contributed by atoms with Crippen molar-refractivity contribution in [1.29, 1.82) is 0 Å². The predicted octanol–water partition coefficient (Wildman–Crippen LogP) is 1.82. The Hall–Kier alpha value is -2.24. The highest BCUT2D eigenvalue weighted by molar-refractivity contribution is 6.09. The SMILES string of the molecule is CC(C)CC(=O)N1CCC2(CC1)C(=O)N(C)C(=O)C2c1ccccn1. The maximum absolute atomic E-state index is 12.9. The summed E-state index contributed by atoms with van der Waals surface area (Å²) in [6, 6.07) is 5.45. The Morgan fingerprint density at radius 3 is 2.52 bits per heavy atom. The van der Waals surface area contributed by atoms with Crippen molar-refractivity contribution in [2.24, 2.45) is 11.3 Å². The molecular weight excluding hydrogens is 318 g/mol. The third-order valence-electron chi connectivity index (χ3n) is 5.44. The van der Waals surface area contributed by atoms with Crippen molar-refractivity contribution < 1.29 is 14.4 Å². The molecule has 6 nitrogen and oxygen atoms in total. The van der Waals surface area contributed by atoms with E-state index in [1.807, 2.05) is 30.9 Å². The summed E-state index contributed by atoms with van der Waals surface area (Å²) in [6.07, 6.45) is 3.18. The molecule has 25 heavy (non-hydrogen) atoms. The van der Waals surface area contributed by atoms with Gasteiger partial charge in [0.25, 0.3) is 0 Å². The van der Waals surface area contributed by atoms with Gasteiger partial charge in [-0.3, -0.25) is 24.3 Å². The van der Waals surface area contributed by atoms with Gasteiger partial charge in [0.2, 0.25) is 17.7 Å². The van der Waals surface area contributed by atoms with Gasteiger partial charge in [-0.05, 0) is 30.9 Å². The summed E-state index contributed by atoms with van der Waals surface area (Å²) in [4.78, 5) is 45.4. The zero-order valence-corrected chi connectivity index (χ0v) is 15.1. The number of imide groups is 1. The van der Waals surface area contributed by atoms with E-state index in [9.17, 15) is 14.4 Å². The zero-order valence-electron chi connectivity index (χ0n) is 15.1. The molecule has 2 saturated heterocycles. The summed E-state index contributed by atoms with van der Waals surface area (Å²) in [5.74, 6) is -0.432. The number of nitrogens with zero attached hydrogens (tertiary/aromatic N) is 3. The third kappa shape index (κ3) is 2.94. The lowest BCUT2D eigenvalue weighted by Gasteiger charge is -2.40. The Morgan fingerprint density at radius 2 is 1.96 bits per heavy atom. The van der Waals surface area contributed by atoms with Crippen LogP contribution in [0.2, 0.25) is 0 Å². The number of amides is 3. The number of hydrogen-bond acceptors (Lipinski definition) is 4. The van der Waals surface area contributed by atoms with Crippen LogP contribution in [0.4, 0.5) is 0 Å². The number of carbonyl (C=O) groups is 3. The maximum Gasteiger partial charge on any atom is 0.239 e. The average molecular weight is 343 g/mol. The van der Waals surface area contributed by atoms with E-state index >= 15 is 0 Å². The second-order valence-electron chi connectivity index (χ2n) is 7.52. The van der Waals surface area contributed by atoms with Gasteiger partial charge in [-0.15, -0.1) is 0 Å². The first kappa shape index (κ1) is 17.6. The highest BCUT2D eigenvalue weighted by atomic mass is 16.2. The number of piperidine rings is 1. The smallest absolute Gasteiger partial charge is 0.239 e. The molecule has 1 atom stereocenters. The van der Waals surface area contributed by atoms with E-state index in [1.165, 1.54) is 4.90 Å². The molecule has 0 radical (unpaired) electrons. The molecule has 2 aliphatic heterocycles. The summed E-state index contributed by atoms with van der Waals surface area (Å²) in [5.41, 5.74) is -0.124. The minimum absolute atomic E-state index is 0.129. The first-order valence-electron chi connectivity index (χ1n) is 8.87. The Labute approximate surface area is 148 Å². The van der Waals surface area contributed by atoms with E-state index in [0.717, 1.165) is 0 Å². The van der Waals surface area contributed by atoms with Gasteiger partial charge in [0.05, 0.1) is 17.0 Å². The van der Waals surface area contributed by atoms with Crippen LogP contribution in [0.1, 0.15) is 44.7 Å². The van der Waals surface area contributed by atoms with Crippen LogP contribution >= 0.6 is 0 Å². The molecule has 1 unspecified atom stereocenters. The maximum atomic E-state index is 12.9. The van der Waals surface area contributed by atoms with Crippen molar-refractivity contribution >= 4 is 17.7 Å². The summed E-state index contributed by atoms with van der Waals surface area (Å²) in [5, 5.41) is 0. The Bertz CT molecular complexity index is 678. The van der Waals surface area contributed by atoms with Gasteiger partial charge in [-0.1, -0.05) is 19.9 Å².